The third kappa shape index (κ3) is 2.34. The maximum absolute atomic E-state index is 12.0. The molecule has 1 fully saturated rings. The SMILES string of the molecule is CCC(CC)(CN)N1CCCCS1(=O)=O. The summed E-state index contributed by atoms with van der Waals surface area (Å²) >= 11 is 0. The van der Waals surface area contributed by atoms with Crippen LogP contribution >= 0.6 is 0 Å². The number of nitrogens with two attached hydrogens (primary N) is 1. The van der Waals surface area contributed by atoms with Gasteiger partial charge in [-0.2, -0.15) is 4.31 Å². The van der Waals surface area contributed by atoms with E-state index in [4.69, 9.17) is 5.73 Å². The van der Waals surface area contributed by atoms with Gasteiger partial charge in [-0.3, -0.25) is 0 Å². The molecule has 0 radical (unpaired) electrons. The van der Waals surface area contributed by atoms with Crippen LogP contribution in [0.25, 0.3) is 0 Å². The largest absolute Gasteiger partial charge is 0.329 e. The summed E-state index contributed by atoms with van der Waals surface area (Å²) in [6.07, 6.45) is 3.33. The highest BCUT2D eigenvalue weighted by Gasteiger charge is 2.40. The Hall–Kier alpha value is -0.130. The van der Waals surface area contributed by atoms with E-state index in [2.05, 4.69) is 0 Å². The number of hydrogen-bond donors (Lipinski definition) is 1. The average molecular weight is 234 g/mol. The summed E-state index contributed by atoms with van der Waals surface area (Å²) in [5, 5.41) is 0. The van der Waals surface area contributed by atoms with Gasteiger partial charge in [0.2, 0.25) is 10.0 Å². The summed E-state index contributed by atoms with van der Waals surface area (Å²) in [5.41, 5.74) is 5.43. The van der Waals surface area contributed by atoms with Gasteiger partial charge in [-0.15, -0.1) is 0 Å². The Morgan fingerprint density at radius 1 is 1.27 bits per heavy atom. The maximum atomic E-state index is 12.0. The lowest BCUT2D eigenvalue weighted by Gasteiger charge is -2.43. The van der Waals surface area contributed by atoms with E-state index in [1.807, 2.05) is 13.8 Å². The quantitative estimate of drug-likeness (QED) is 0.787. The Morgan fingerprint density at radius 2 is 1.87 bits per heavy atom. The normalized spacial score (nSPS) is 22.9. The molecule has 0 aromatic carbocycles. The number of rotatable bonds is 4. The predicted octanol–water partition coefficient (Wildman–Crippen LogP) is 0.930. The van der Waals surface area contributed by atoms with Crippen molar-refractivity contribution in [3.63, 3.8) is 0 Å². The summed E-state index contributed by atoms with van der Waals surface area (Å²) < 4.78 is 25.6. The molecule has 0 spiro atoms. The van der Waals surface area contributed by atoms with Gasteiger partial charge in [-0.1, -0.05) is 13.8 Å². The van der Waals surface area contributed by atoms with Gasteiger partial charge in [0.15, 0.2) is 0 Å². The molecule has 1 rings (SSSR count). The fourth-order valence-electron chi connectivity index (χ4n) is 2.31. The molecule has 0 bridgehead atoms. The lowest BCUT2D eigenvalue weighted by Crippen LogP contribution is -2.57. The van der Waals surface area contributed by atoms with Gasteiger partial charge in [-0.25, -0.2) is 8.42 Å². The third-order valence-corrected chi connectivity index (χ3v) is 5.62. The van der Waals surface area contributed by atoms with Crippen molar-refractivity contribution in [2.75, 3.05) is 18.8 Å². The predicted molar refractivity (Wildman–Crippen MR) is 62.1 cm³/mol. The standard InChI is InChI=1S/C10H22N2O2S/c1-3-10(4-2,9-11)12-7-5-6-8-15(12,13)14/h3-9,11H2,1-2H3. The minimum Gasteiger partial charge on any atom is -0.329 e. The van der Waals surface area contributed by atoms with Gasteiger partial charge in [0.1, 0.15) is 0 Å². The maximum Gasteiger partial charge on any atom is 0.214 e. The lowest BCUT2D eigenvalue weighted by molar-refractivity contribution is 0.169. The molecule has 1 aliphatic heterocycles. The van der Waals surface area contributed by atoms with Crippen LogP contribution in [0, 0.1) is 0 Å². The van der Waals surface area contributed by atoms with Gasteiger partial charge in [0, 0.05) is 18.6 Å². The van der Waals surface area contributed by atoms with E-state index in [-0.39, 0.29) is 11.3 Å². The van der Waals surface area contributed by atoms with Crippen molar-refractivity contribution in [3.05, 3.63) is 0 Å². The van der Waals surface area contributed by atoms with Crippen molar-refractivity contribution < 1.29 is 8.42 Å². The van der Waals surface area contributed by atoms with Gasteiger partial charge in [-0.05, 0) is 25.7 Å². The Balaban J connectivity index is 3.01. The molecule has 0 aliphatic carbocycles. The third-order valence-electron chi connectivity index (χ3n) is 3.57. The molecular weight excluding hydrogens is 212 g/mol. The van der Waals surface area contributed by atoms with Crippen molar-refractivity contribution in [3.8, 4) is 0 Å². The van der Waals surface area contributed by atoms with Crippen LogP contribution in [0.2, 0.25) is 0 Å². The Kier molecular flexibility index (Phi) is 4.14. The lowest BCUT2D eigenvalue weighted by atomic mass is 9.92. The number of nitrogens with zero attached hydrogens (tertiary/aromatic N) is 1. The molecule has 5 heteroatoms. The minimum atomic E-state index is -3.06. The van der Waals surface area contributed by atoms with Crippen LogP contribution in [0.4, 0.5) is 0 Å². The van der Waals surface area contributed by atoms with Crippen molar-refractivity contribution in [2.24, 2.45) is 5.73 Å². The first-order valence-electron chi connectivity index (χ1n) is 5.73. The summed E-state index contributed by atoms with van der Waals surface area (Å²) in [7, 11) is -3.06. The van der Waals surface area contributed by atoms with Crippen LogP contribution in [0.15, 0.2) is 0 Å². The highest BCUT2D eigenvalue weighted by Crippen LogP contribution is 2.29. The van der Waals surface area contributed by atoms with E-state index < -0.39 is 10.0 Å². The van der Waals surface area contributed by atoms with Crippen LogP contribution in [-0.2, 0) is 10.0 Å². The zero-order chi connectivity index (χ0) is 11.5. The van der Waals surface area contributed by atoms with Crippen LogP contribution in [-0.4, -0.2) is 37.1 Å². The smallest absolute Gasteiger partial charge is 0.214 e. The molecule has 90 valence electrons. The molecule has 1 heterocycles. The fourth-order valence-corrected chi connectivity index (χ4v) is 4.43. The second kappa shape index (κ2) is 4.80. The van der Waals surface area contributed by atoms with E-state index >= 15 is 0 Å². The highest BCUT2D eigenvalue weighted by molar-refractivity contribution is 7.89. The molecule has 15 heavy (non-hydrogen) atoms. The van der Waals surface area contributed by atoms with Crippen LogP contribution in [0.1, 0.15) is 39.5 Å². The number of hydrogen-bond acceptors (Lipinski definition) is 3. The van der Waals surface area contributed by atoms with Gasteiger partial charge in [0.05, 0.1) is 5.75 Å². The molecule has 0 unspecified atom stereocenters. The van der Waals surface area contributed by atoms with E-state index in [1.54, 1.807) is 4.31 Å². The first kappa shape index (κ1) is 12.9. The first-order chi connectivity index (χ1) is 7.02. The average Bonchev–Trinajstić information content (AvgIpc) is 2.23. The van der Waals surface area contributed by atoms with Crippen molar-refractivity contribution >= 4 is 10.0 Å². The van der Waals surface area contributed by atoms with E-state index in [1.165, 1.54) is 0 Å². The van der Waals surface area contributed by atoms with Crippen LogP contribution in [0.5, 0.6) is 0 Å². The Bertz CT molecular complexity index is 288. The summed E-state index contributed by atoms with van der Waals surface area (Å²) in [6.45, 7) is 5.08. The van der Waals surface area contributed by atoms with Gasteiger partial charge in [0.25, 0.3) is 0 Å². The summed E-state index contributed by atoms with van der Waals surface area (Å²) in [6, 6.07) is 0. The summed E-state index contributed by atoms with van der Waals surface area (Å²) in [5.74, 6) is 0.286. The molecule has 0 saturated carbocycles. The molecule has 0 atom stereocenters. The zero-order valence-corrected chi connectivity index (χ0v) is 10.5. The summed E-state index contributed by atoms with van der Waals surface area (Å²) in [4.78, 5) is 0. The second-order valence-electron chi connectivity index (χ2n) is 4.23. The van der Waals surface area contributed by atoms with E-state index in [0.717, 1.165) is 25.7 Å². The van der Waals surface area contributed by atoms with E-state index in [0.29, 0.717) is 13.1 Å². The van der Waals surface area contributed by atoms with Gasteiger partial charge >= 0.3 is 0 Å². The molecular formula is C10H22N2O2S. The molecule has 0 aromatic rings. The topological polar surface area (TPSA) is 63.4 Å². The second-order valence-corrected chi connectivity index (χ2v) is 6.24. The van der Waals surface area contributed by atoms with Crippen LogP contribution in [0.3, 0.4) is 0 Å². The highest BCUT2D eigenvalue weighted by atomic mass is 32.2. The number of sulfonamides is 1. The monoisotopic (exact) mass is 234 g/mol. The Morgan fingerprint density at radius 3 is 2.27 bits per heavy atom. The van der Waals surface area contributed by atoms with Crippen molar-refractivity contribution in [1.82, 2.24) is 4.31 Å². The van der Waals surface area contributed by atoms with Crippen molar-refractivity contribution in [1.29, 1.82) is 0 Å². The van der Waals surface area contributed by atoms with E-state index in [9.17, 15) is 8.42 Å². The molecule has 0 aromatic heterocycles. The molecule has 4 nitrogen and oxygen atoms in total. The Labute approximate surface area is 92.9 Å². The van der Waals surface area contributed by atoms with Crippen molar-refractivity contribution in [2.45, 2.75) is 45.1 Å². The fraction of sp³-hybridized carbons (Fsp3) is 1.00. The zero-order valence-electron chi connectivity index (χ0n) is 9.70. The molecule has 1 saturated heterocycles. The molecule has 0 amide bonds. The van der Waals surface area contributed by atoms with Gasteiger partial charge < -0.3 is 5.73 Å². The minimum absolute atomic E-state index is 0.286. The van der Waals surface area contributed by atoms with Crippen LogP contribution < -0.4 is 5.73 Å². The molecule has 1 aliphatic rings. The molecule has 2 N–H and O–H groups in total. The first-order valence-corrected chi connectivity index (χ1v) is 7.34.